The van der Waals surface area contributed by atoms with Gasteiger partial charge in [-0.05, 0) is 70.3 Å². The van der Waals surface area contributed by atoms with Crippen LogP contribution >= 0.6 is 0 Å². The molecule has 0 heterocycles. The molecule has 1 rings (SSSR count). The van der Waals surface area contributed by atoms with Crippen molar-refractivity contribution in [2.75, 3.05) is 33.4 Å². The van der Waals surface area contributed by atoms with Crippen LogP contribution in [0, 0.1) is 13.8 Å². The van der Waals surface area contributed by atoms with Crippen molar-refractivity contribution in [1.82, 2.24) is 5.32 Å². The highest BCUT2D eigenvalue weighted by molar-refractivity contribution is 5.83. The van der Waals surface area contributed by atoms with Gasteiger partial charge in [0, 0.05) is 6.54 Å². The van der Waals surface area contributed by atoms with E-state index < -0.39 is 0 Å². The molecule has 158 valence electrons. The Hall–Kier alpha value is -2.01. The van der Waals surface area contributed by atoms with Crippen LogP contribution in [0.2, 0.25) is 0 Å². The number of unbranched alkanes of at least 4 members (excludes halogenated alkanes) is 4. The van der Waals surface area contributed by atoms with Gasteiger partial charge in [-0.25, -0.2) is 0 Å². The molecule has 0 aliphatic carbocycles. The van der Waals surface area contributed by atoms with Crippen molar-refractivity contribution in [3.05, 3.63) is 35.4 Å². The minimum atomic E-state index is 0.603. The molecule has 0 amide bonds. The summed E-state index contributed by atoms with van der Waals surface area (Å²) < 4.78 is 11.8. The first-order valence-corrected chi connectivity index (χ1v) is 10.3. The van der Waals surface area contributed by atoms with Crippen LogP contribution in [0.5, 0.6) is 11.5 Å². The van der Waals surface area contributed by atoms with Gasteiger partial charge in [0.25, 0.3) is 0 Å². The van der Waals surface area contributed by atoms with E-state index in [0.717, 1.165) is 54.5 Å². The number of nitrogens with zero attached hydrogens (tertiary/aromatic N) is 1. The lowest BCUT2D eigenvalue weighted by Gasteiger charge is -2.14. The zero-order valence-electron chi connectivity index (χ0n) is 18.3. The van der Waals surface area contributed by atoms with Crippen LogP contribution in [-0.2, 0) is 4.84 Å². The molecule has 1 aromatic carbocycles. The standard InChI is InChI=1S/C23H38N2O3/c1-6-7-14-27-22-16-19(2)23(20(3)17-22)28-15-12-10-8-9-11-13-24-18-21(4)25-26-5/h6-7,16-17,24H,8-15,18H2,1-5H3/b7-6+,25-21+. The quantitative estimate of drug-likeness (QED) is 0.194. The Balaban J connectivity index is 2.15. The third-order valence-corrected chi connectivity index (χ3v) is 4.39. The number of ether oxygens (including phenoxy) is 2. The number of allylic oxidation sites excluding steroid dienone is 1. The minimum absolute atomic E-state index is 0.603. The number of rotatable bonds is 15. The van der Waals surface area contributed by atoms with E-state index in [-0.39, 0.29) is 0 Å². The molecule has 0 unspecified atom stereocenters. The second-order valence-electron chi connectivity index (χ2n) is 7.07. The lowest BCUT2D eigenvalue weighted by molar-refractivity contribution is 0.212. The molecule has 0 bridgehead atoms. The predicted molar refractivity (Wildman–Crippen MR) is 118 cm³/mol. The molecular formula is C23H38N2O3. The summed E-state index contributed by atoms with van der Waals surface area (Å²) in [7, 11) is 1.58. The first-order valence-electron chi connectivity index (χ1n) is 10.3. The summed E-state index contributed by atoms with van der Waals surface area (Å²) in [5, 5.41) is 7.26. The van der Waals surface area contributed by atoms with Crippen molar-refractivity contribution in [2.45, 2.75) is 59.8 Å². The highest BCUT2D eigenvalue weighted by Crippen LogP contribution is 2.28. The predicted octanol–water partition coefficient (Wildman–Crippen LogP) is 5.20. The topological polar surface area (TPSA) is 52.1 Å². The third kappa shape index (κ3) is 10.4. The Bertz CT molecular complexity index is 589. The van der Waals surface area contributed by atoms with Gasteiger partial charge in [0.15, 0.2) is 0 Å². The van der Waals surface area contributed by atoms with Crippen LogP contribution in [0.15, 0.2) is 29.4 Å². The lowest BCUT2D eigenvalue weighted by Crippen LogP contribution is -2.22. The molecule has 0 spiro atoms. The summed E-state index contributed by atoms with van der Waals surface area (Å²) in [6, 6.07) is 4.11. The summed E-state index contributed by atoms with van der Waals surface area (Å²) in [4.78, 5) is 4.74. The Labute approximate surface area is 171 Å². The van der Waals surface area contributed by atoms with Crippen LogP contribution in [0.3, 0.4) is 0 Å². The minimum Gasteiger partial charge on any atom is -0.493 e. The van der Waals surface area contributed by atoms with Crippen LogP contribution in [0.1, 0.15) is 57.1 Å². The molecule has 0 saturated carbocycles. The smallest absolute Gasteiger partial charge is 0.125 e. The summed E-state index contributed by atoms with van der Waals surface area (Å²) in [5.41, 5.74) is 3.24. The fourth-order valence-electron chi connectivity index (χ4n) is 2.98. The molecule has 5 heteroatoms. The van der Waals surface area contributed by atoms with Gasteiger partial charge in [-0.2, -0.15) is 0 Å². The molecule has 0 atom stereocenters. The summed E-state index contributed by atoms with van der Waals surface area (Å²) >= 11 is 0. The maximum atomic E-state index is 6.04. The van der Waals surface area contributed by atoms with E-state index in [0.29, 0.717) is 6.61 Å². The Kier molecular flexibility index (Phi) is 12.9. The summed E-state index contributed by atoms with van der Waals surface area (Å²) in [6.07, 6.45) is 9.95. The molecular weight excluding hydrogens is 352 g/mol. The number of benzene rings is 1. The second-order valence-corrected chi connectivity index (χ2v) is 7.07. The number of hydrogen-bond donors (Lipinski definition) is 1. The molecule has 0 radical (unpaired) electrons. The fraction of sp³-hybridized carbons (Fsp3) is 0.609. The van der Waals surface area contributed by atoms with E-state index in [1.54, 1.807) is 7.11 Å². The van der Waals surface area contributed by atoms with E-state index >= 15 is 0 Å². The first kappa shape index (κ1) is 24.0. The SMILES string of the molecule is C/C=C/COc1cc(C)c(OCCCCCCCNC/C(C)=N/OC)c(C)c1. The largest absolute Gasteiger partial charge is 0.493 e. The number of oxime groups is 1. The molecule has 28 heavy (non-hydrogen) atoms. The van der Waals surface area contributed by atoms with Gasteiger partial charge in [0.05, 0.1) is 12.3 Å². The van der Waals surface area contributed by atoms with E-state index in [1.165, 1.54) is 25.7 Å². The van der Waals surface area contributed by atoms with Crippen molar-refractivity contribution in [3.63, 3.8) is 0 Å². The maximum Gasteiger partial charge on any atom is 0.125 e. The van der Waals surface area contributed by atoms with Gasteiger partial charge in [-0.3, -0.25) is 0 Å². The zero-order chi connectivity index (χ0) is 20.6. The van der Waals surface area contributed by atoms with Gasteiger partial charge < -0.3 is 19.6 Å². The second kappa shape index (κ2) is 15.0. The van der Waals surface area contributed by atoms with Crippen LogP contribution < -0.4 is 14.8 Å². The fourth-order valence-corrected chi connectivity index (χ4v) is 2.98. The van der Waals surface area contributed by atoms with E-state index in [9.17, 15) is 0 Å². The molecule has 5 nitrogen and oxygen atoms in total. The molecule has 1 N–H and O–H groups in total. The Morgan fingerprint density at radius 1 is 1.04 bits per heavy atom. The van der Waals surface area contributed by atoms with Gasteiger partial charge >= 0.3 is 0 Å². The molecule has 0 saturated heterocycles. The third-order valence-electron chi connectivity index (χ3n) is 4.39. The van der Waals surface area contributed by atoms with Crippen LogP contribution in [0.25, 0.3) is 0 Å². The summed E-state index contributed by atoms with van der Waals surface area (Å²) in [6.45, 7) is 11.3. The lowest BCUT2D eigenvalue weighted by atomic mass is 10.1. The van der Waals surface area contributed by atoms with Gasteiger partial charge in [-0.1, -0.05) is 36.6 Å². The molecule has 1 aromatic rings. The molecule has 0 aromatic heterocycles. The van der Waals surface area contributed by atoms with Crippen LogP contribution in [0.4, 0.5) is 0 Å². The van der Waals surface area contributed by atoms with Crippen molar-refractivity contribution < 1.29 is 14.3 Å². The zero-order valence-corrected chi connectivity index (χ0v) is 18.3. The van der Waals surface area contributed by atoms with E-state index in [4.69, 9.17) is 14.3 Å². The number of nitrogens with one attached hydrogen (secondary N) is 1. The average molecular weight is 391 g/mol. The molecule has 0 fully saturated rings. The normalized spacial score (nSPS) is 11.8. The first-order chi connectivity index (χ1) is 13.6. The van der Waals surface area contributed by atoms with E-state index in [2.05, 4.69) is 36.5 Å². The van der Waals surface area contributed by atoms with Crippen molar-refractivity contribution in [2.24, 2.45) is 5.16 Å². The van der Waals surface area contributed by atoms with Gasteiger partial charge in [-0.15, -0.1) is 0 Å². The van der Waals surface area contributed by atoms with Crippen LogP contribution in [-0.4, -0.2) is 39.1 Å². The molecule has 0 aliphatic rings. The maximum absolute atomic E-state index is 6.04. The van der Waals surface area contributed by atoms with Crippen molar-refractivity contribution >= 4 is 5.71 Å². The Morgan fingerprint density at radius 2 is 1.71 bits per heavy atom. The van der Waals surface area contributed by atoms with Gasteiger partial charge in [0.2, 0.25) is 0 Å². The van der Waals surface area contributed by atoms with E-state index in [1.807, 2.05) is 26.0 Å². The number of hydrogen-bond acceptors (Lipinski definition) is 5. The number of aryl methyl sites for hydroxylation is 2. The Morgan fingerprint density at radius 3 is 2.39 bits per heavy atom. The highest BCUT2D eigenvalue weighted by Gasteiger charge is 2.07. The van der Waals surface area contributed by atoms with Crippen molar-refractivity contribution in [3.8, 4) is 11.5 Å². The monoisotopic (exact) mass is 390 g/mol. The van der Waals surface area contributed by atoms with Crippen molar-refractivity contribution in [1.29, 1.82) is 0 Å². The average Bonchev–Trinajstić information content (AvgIpc) is 2.65. The molecule has 0 aliphatic heterocycles. The van der Waals surface area contributed by atoms with Gasteiger partial charge in [0.1, 0.15) is 25.2 Å². The highest BCUT2D eigenvalue weighted by atomic mass is 16.6. The summed E-state index contributed by atoms with van der Waals surface area (Å²) in [5.74, 6) is 1.90.